The Balaban J connectivity index is 1.50. The van der Waals surface area contributed by atoms with Gasteiger partial charge in [0.05, 0.1) is 0 Å². The van der Waals surface area contributed by atoms with E-state index < -0.39 is 23.7 Å². The molecular formula is C28H25NO6. The highest BCUT2D eigenvalue weighted by molar-refractivity contribution is 5.85. The zero-order valence-electron chi connectivity index (χ0n) is 19.2. The Morgan fingerprint density at radius 1 is 0.914 bits per heavy atom. The number of rotatable bonds is 8. The SMILES string of the molecule is CCc1cc(=O)oc2cc(OC(=O)C(Cc3ccccc3)NC(=O)OCc3ccccc3)ccc12. The van der Waals surface area contributed by atoms with Crippen LogP contribution in [0.25, 0.3) is 11.0 Å². The van der Waals surface area contributed by atoms with Gasteiger partial charge in [0.2, 0.25) is 0 Å². The smallest absolute Gasteiger partial charge is 0.408 e. The van der Waals surface area contributed by atoms with E-state index in [4.69, 9.17) is 13.9 Å². The molecule has 1 aromatic heterocycles. The van der Waals surface area contributed by atoms with Gasteiger partial charge in [0, 0.05) is 23.9 Å². The quantitative estimate of drug-likeness (QED) is 0.225. The van der Waals surface area contributed by atoms with E-state index in [1.807, 2.05) is 67.6 Å². The second-order valence-corrected chi connectivity index (χ2v) is 7.97. The highest BCUT2D eigenvalue weighted by Gasteiger charge is 2.24. The average Bonchev–Trinajstić information content (AvgIpc) is 2.87. The lowest BCUT2D eigenvalue weighted by Crippen LogP contribution is -2.44. The van der Waals surface area contributed by atoms with E-state index in [9.17, 15) is 14.4 Å². The van der Waals surface area contributed by atoms with Crippen molar-refractivity contribution in [2.45, 2.75) is 32.4 Å². The summed E-state index contributed by atoms with van der Waals surface area (Å²) in [6, 6.07) is 23.9. The molecule has 7 nitrogen and oxygen atoms in total. The van der Waals surface area contributed by atoms with Crippen molar-refractivity contribution >= 4 is 23.0 Å². The lowest BCUT2D eigenvalue weighted by Gasteiger charge is -2.18. The largest absolute Gasteiger partial charge is 0.445 e. The minimum atomic E-state index is -0.995. The van der Waals surface area contributed by atoms with Gasteiger partial charge in [0.1, 0.15) is 24.0 Å². The number of hydrogen-bond donors (Lipinski definition) is 1. The lowest BCUT2D eigenvalue weighted by molar-refractivity contribution is -0.136. The van der Waals surface area contributed by atoms with Crippen molar-refractivity contribution < 1.29 is 23.5 Å². The normalized spacial score (nSPS) is 11.6. The number of hydrogen-bond acceptors (Lipinski definition) is 6. The highest BCUT2D eigenvalue weighted by Crippen LogP contribution is 2.23. The van der Waals surface area contributed by atoms with Gasteiger partial charge in [-0.3, -0.25) is 0 Å². The van der Waals surface area contributed by atoms with Crippen molar-refractivity contribution in [3.63, 3.8) is 0 Å². The fourth-order valence-electron chi connectivity index (χ4n) is 3.70. The average molecular weight is 472 g/mol. The summed E-state index contributed by atoms with van der Waals surface area (Å²) in [5, 5.41) is 3.38. The first-order chi connectivity index (χ1) is 17.0. The zero-order valence-corrected chi connectivity index (χ0v) is 19.2. The highest BCUT2D eigenvalue weighted by atomic mass is 16.6. The zero-order chi connectivity index (χ0) is 24.6. The van der Waals surface area contributed by atoms with Crippen LogP contribution in [0.4, 0.5) is 4.79 Å². The van der Waals surface area contributed by atoms with Crippen molar-refractivity contribution in [1.82, 2.24) is 5.32 Å². The standard InChI is InChI=1S/C28H25NO6/c1-2-21-16-26(30)35-25-17-22(13-14-23(21)25)34-27(31)24(15-19-9-5-3-6-10-19)29-28(32)33-18-20-11-7-4-8-12-20/h3-14,16-17,24H,2,15,18H2,1H3,(H,29,32). The Morgan fingerprint density at radius 3 is 2.29 bits per heavy atom. The van der Waals surface area contributed by atoms with Crippen LogP contribution in [0.2, 0.25) is 0 Å². The molecule has 1 amide bonds. The second kappa shape index (κ2) is 11.2. The van der Waals surface area contributed by atoms with Crippen LogP contribution >= 0.6 is 0 Å². The predicted molar refractivity (Wildman–Crippen MR) is 131 cm³/mol. The fourth-order valence-corrected chi connectivity index (χ4v) is 3.70. The summed E-state index contributed by atoms with van der Waals surface area (Å²) in [6.45, 7) is 2.02. The minimum absolute atomic E-state index is 0.0727. The maximum absolute atomic E-state index is 13.1. The Bertz CT molecular complexity index is 1360. The van der Waals surface area contributed by atoms with E-state index in [-0.39, 0.29) is 18.8 Å². The van der Waals surface area contributed by atoms with Crippen LogP contribution < -0.4 is 15.7 Å². The van der Waals surface area contributed by atoms with Gasteiger partial charge < -0.3 is 19.2 Å². The number of nitrogens with one attached hydrogen (secondary N) is 1. The number of amides is 1. The van der Waals surface area contributed by atoms with Crippen molar-refractivity contribution in [2.75, 3.05) is 0 Å². The van der Waals surface area contributed by atoms with Crippen LogP contribution in [0.1, 0.15) is 23.6 Å². The van der Waals surface area contributed by atoms with Crippen LogP contribution in [0.15, 0.2) is 94.1 Å². The summed E-state index contributed by atoms with van der Waals surface area (Å²) in [5.41, 5.74) is 2.37. The molecule has 0 aliphatic heterocycles. The van der Waals surface area contributed by atoms with E-state index in [0.717, 1.165) is 22.1 Å². The first-order valence-electron chi connectivity index (χ1n) is 11.3. The van der Waals surface area contributed by atoms with Crippen LogP contribution in [-0.4, -0.2) is 18.1 Å². The van der Waals surface area contributed by atoms with Gasteiger partial charge in [-0.05, 0) is 35.2 Å². The summed E-state index contributed by atoms with van der Waals surface area (Å²) < 4.78 is 16.1. The molecule has 0 aliphatic rings. The third-order valence-corrected chi connectivity index (χ3v) is 5.47. The van der Waals surface area contributed by atoms with Gasteiger partial charge in [-0.2, -0.15) is 0 Å². The number of benzene rings is 3. The van der Waals surface area contributed by atoms with Crippen molar-refractivity contribution in [1.29, 1.82) is 0 Å². The molecule has 1 unspecified atom stereocenters. The number of esters is 1. The molecule has 1 atom stereocenters. The number of aryl methyl sites for hydroxylation is 1. The Kier molecular flexibility index (Phi) is 7.57. The summed E-state index contributed by atoms with van der Waals surface area (Å²) in [5.74, 6) is -0.463. The van der Waals surface area contributed by atoms with E-state index in [2.05, 4.69) is 5.32 Å². The molecule has 1 N–H and O–H groups in total. The van der Waals surface area contributed by atoms with E-state index in [1.54, 1.807) is 12.1 Å². The Hall–Kier alpha value is -4.39. The lowest BCUT2D eigenvalue weighted by atomic mass is 10.1. The molecule has 7 heteroatoms. The molecule has 4 aromatic rings. The van der Waals surface area contributed by atoms with Gasteiger partial charge in [0.15, 0.2) is 0 Å². The second-order valence-electron chi connectivity index (χ2n) is 7.97. The van der Waals surface area contributed by atoms with Crippen LogP contribution in [0.3, 0.4) is 0 Å². The first kappa shape index (κ1) is 23.8. The molecule has 0 bridgehead atoms. The minimum Gasteiger partial charge on any atom is -0.445 e. The number of carbonyl (C=O) groups excluding carboxylic acids is 2. The Labute approximate surface area is 202 Å². The van der Waals surface area contributed by atoms with Crippen molar-refractivity contribution in [3.8, 4) is 5.75 Å². The molecule has 35 heavy (non-hydrogen) atoms. The molecule has 1 heterocycles. The monoisotopic (exact) mass is 471 g/mol. The van der Waals surface area contributed by atoms with Gasteiger partial charge >= 0.3 is 17.7 Å². The van der Waals surface area contributed by atoms with Crippen molar-refractivity contribution in [3.05, 3.63) is 112 Å². The summed E-state index contributed by atoms with van der Waals surface area (Å²) in [4.78, 5) is 37.4. The van der Waals surface area contributed by atoms with Crippen molar-refractivity contribution in [2.24, 2.45) is 0 Å². The molecule has 4 rings (SSSR count). The van der Waals surface area contributed by atoms with Crippen LogP contribution in [0.5, 0.6) is 5.75 Å². The Morgan fingerprint density at radius 2 is 1.60 bits per heavy atom. The van der Waals surface area contributed by atoms with Gasteiger partial charge in [0.25, 0.3) is 0 Å². The molecule has 0 aliphatic carbocycles. The predicted octanol–water partition coefficient (Wildman–Crippen LogP) is 4.80. The van der Waals surface area contributed by atoms with E-state index >= 15 is 0 Å². The third-order valence-electron chi connectivity index (χ3n) is 5.47. The molecule has 0 radical (unpaired) electrons. The number of ether oxygens (including phenoxy) is 2. The summed E-state index contributed by atoms with van der Waals surface area (Å²) in [6.07, 6.45) is 0.141. The molecule has 178 valence electrons. The maximum Gasteiger partial charge on any atom is 0.408 e. The van der Waals surface area contributed by atoms with Crippen LogP contribution in [0, 0.1) is 0 Å². The molecule has 0 saturated heterocycles. The maximum atomic E-state index is 13.1. The van der Waals surface area contributed by atoms with Gasteiger partial charge in [-0.1, -0.05) is 67.6 Å². The van der Waals surface area contributed by atoms with E-state index in [0.29, 0.717) is 12.0 Å². The van der Waals surface area contributed by atoms with Crippen LogP contribution in [-0.2, 0) is 29.0 Å². The molecule has 0 fully saturated rings. The van der Waals surface area contributed by atoms with Gasteiger partial charge in [-0.25, -0.2) is 14.4 Å². The number of carbonyl (C=O) groups is 2. The topological polar surface area (TPSA) is 94.8 Å². The summed E-state index contributed by atoms with van der Waals surface area (Å²) >= 11 is 0. The third kappa shape index (κ3) is 6.35. The van der Waals surface area contributed by atoms with E-state index in [1.165, 1.54) is 12.1 Å². The molecule has 0 saturated carbocycles. The number of alkyl carbamates (subject to hydrolysis) is 1. The van der Waals surface area contributed by atoms with Gasteiger partial charge in [-0.15, -0.1) is 0 Å². The summed E-state index contributed by atoms with van der Waals surface area (Å²) in [7, 11) is 0. The molecule has 3 aromatic carbocycles. The fraction of sp³-hybridized carbons (Fsp3) is 0.179. The number of fused-ring (bicyclic) bond motifs is 1. The molecule has 0 spiro atoms. The molecular weight excluding hydrogens is 446 g/mol. The first-order valence-corrected chi connectivity index (χ1v) is 11.3.